The Morgan fingerprint density at radius 2 is 2.00 bits per heavy atom. The molecule has 0 bridgehead atoms. The molecular formula is C15H24N2O2Si. The van der Waals surface area contributed by atoms with E-state index in [1.807, 2.05) is 12.1 Å². The van der Waals surface area contributed by atoms with Crippen molar-refractivity contribution in [3.05, 3.63) is 35.4 Å². The molecule has 0 radical (unpaired) electrons. The van der Waals surface area contributed by atoms with E-state index in [0.29, 0.717) is 12.2 Å². The Morgan fingerprint density at radius 3 is 2.50 bits per heavy atom. The summed E-state index contributed by atoms with van der Waals surface area (Å²) in [6.07, 6.45) is -0.350. The maximum atomic E-state index is 8.94. The van der Waals surface area contributed by atoms with Crippen molar-refractivity contribution in [3.8, 4) is 6.07 Å². The number of nitrogens with zero attached hydrogens (tertiary/aromatic N) is 1. The van der Waals surface area contributed by atoms with Gasteiger partial charge in [-0.15, -0.1) is 0 Å². The van der Waals surface area contributed by atoms with Crippen LogP contribution in [0, 0.1) is 11.3 Å². The van der Waals surface area contributed by atoms with Crippen LogP contribution in [0.15, 0.2) is 24.3 Å². The van der Waals surface area contributed by atoms with Crippen LogP contribution in [-0.4, -0.2) is 14.9 Å². The van der Waals surface area contributed by atoms with Crippen molar-refractivity contribution in [3.63, 3.8) is 0 Å². The molecule has 2 N–H and O–H groups in total. The van der Waals surface area contributed by atoms with Crippen LogP contribution < -0.4 is 5.90 Å². The molecule has 0 aliphatic heterocycles. The van der Waals surface area contributed by atoms with Crippen LogP contribution in [0.25, 0.3) is 0 Å². The lowest BCUT2D eigenvalue weighted by atomic mass is 10.1. The van der Waals surface area contributed by atoms with Gasteiger partial charge >= 0.3 is 0 Å². The summed E-state index contributed by atoms with van der Waals surface area (Å²) in [7, 11) is -1.84. The van der Waals surface area contributed by atoms with Crippen LogP contribution in [0.4, 0.5) is 0 Å². The van der Waals surface area contributed by atoms with Crippen molar-refractivity contribution in [2.45, 2.75) is 45.0 Å². The zero-order valence-corrected chi connectivity index (χ0v) is 13.9. The summed E-state index contributed by atoms with van der Waals surface area (Å²) in [5, 5.41) is 9.08. The molecule has 0 amide bonds. The smallest absolute Gasteiger partial charge is 0.192 e. The average Bonchev–Trinajstić information content (AvgIpc) is 2.38. The highest BCUT2D eigenvalue weighted by molar-refractivity contribution is 6.74. The lowest BCUT2D eigenvalue weighted by molar-refractivity contribution is 0.0144. The van der Waals surface area contributed by atoms with E-state index in [9.17, 15) is 0 Å². The highest BCUT2D eigenvalue weighted by Crippen LogP contribution is 2.37. The fourth-order valence-corrected chi connectivity index (χ4v) is 2.52. The maximum Gasteiger partial charge on any atom is 0.192 e. The molecule has 0 saturated carbocycles. The standard InChI is InChI=1S/C15H24N2O2Si/c1-15(2,3)20(4,5)18-11-14(19-17)13-8-6-7-12(9-13)10-16/h6-9,14H,11,17H2,1-5H3. The third-order valence-electron chi connectivity index (χ3n) is 3.95. The molecule has 1 rings (SSSR count). The molecule has 0 fully saturated rings. The van der Waals surface area contributed by atoms with Gasteiger partial charge in [-0.05, 0) is 35.8 Å². The Bertz CT molecular complexity index is 489. The van der Waals surface area contributed by atoms with Gasteiger partial charge in [0.1, 0.15) is 6.10 Å². The highest BCUT2D eigenvalue weighted by Gasteiger charge is 2.37. The Kier molecular flexibility index (Phi) is 5.48. The topological polar surface area (TPSA) is 68.3 Å². The van der Waals surface area contributed by atoms with Crippen LogP contribution in [0.2, 0.25) is 18.1 Å². The van der Waals surface area contributed by atoms with Gasteiger partial charge < -0.3 is 4.43 Å². The minimum Gasteiger partial charge on any atom is -0.414 e. The molecule has 1 aromatic carbocycles. The third-order valence-corrected chi connectivity index (χ3v) is 8.45. The second kappa shape index (κ2) is 6.51. The molecule has 0 saturated heterocycles. The SMILES string of the molecule is CC(C)(C)[Si](C)(C)OCC(ON)c1cccc(C#N)c1. The number of hydrogen-bond acceptors (Lipinski definition) is 4. The van der Waals surface area contributed by atoms with E-state index in [0.717, 1.165) is 5.56 Å². The number of nitrogens with two attached hydrogens (primary N) is 1. The molecule has 1 atom stereocenters. The Hall–Kier alpha value is -1.19. The predicted molar refractivity (Wildman–Crippen MR) is 82.3 cm³/mol. The van der Waals surface area contributed by atoms with Crippen molar-refractivity contribution >= 4 is 8.32 Å². The first-order chi connectivity index (χ1) is 9.21. The van der Waals surface area contributed by atoms with Crippen molar-refractivity contribution in [1.29, 1.82) is 5.26 Å². The maximum absolute atomic E-state index is 8.94. The van der Waals surface area contributed by atoms with Crippen LogP contribution in [0.3, 0.4) is 0 Å². The van der Waals surface area contributed by atoms with E-state index in [1.165, 1.54) is 0 Å². The first-order valence-corrected chi connectivity index (χ1v) is 9.61. The van der Waals surface area contributed by atoms with E-state index in [1.54, 1.807) is 12.1 Å². The molecule has 1 unspecified atom stereocenters. The molecule has 0 heterocycles. The van der Waals surface area contributed by atoms with Gasteiger partial charge in [0.15, 0.2) is 8.32 Å². The minimum absolute atomic E-state index is 0.140. The fraction of sp³-hybridized carbons (Fsp3) is 0.533. The predicted octanol–water partition coefficient (Wildman–Crippen LogP) is 3.51. The Labute approximate surface area is 122 Å². The van der Waals surface area contributed by atoms with E-state index in [4.69, 9.17) is 20.4 Å². The summed E-state index contributed by atoms with van der Waals surface area (Å²) in [5.41, 5.74) is 1.46. The fourth-order valence-electron chi connectivity index (χ4n) is 1.52. The van der Waals surface area contributed by atoms with Gasteiger partial charge in [0.05, 0.1) is 18.2 Å². The van der Waals surface area contributed by atoms with Gasteiger partial charge in [-0.1, -0.05) is 32.9 Å². The summed E-state index contributed by atoms with van der Waals surface area (Å²) in [5.74, 6) is 5.39. The zero-order chi connectivity index (χ0) is 15.4. The molecule has 0 aromatic heterocycles. The quantitative estimate of drug-likeness (QED) is 0.666. The van der Waals surface area contributed by atoms with Gasteiger partial charge in [-0.3, -0.25) is 4.84 Å². The Morgan fingerprint density at radius 1 is 1.35 bits per heavy atom. The summed E-state index contributed by atoms with van der Waals surface area (Å²) >= 11 is 0. The lowest BCUT2D eigenvalue weighted by Crippen LogP contribution is -2.42. The van der Waals surface area contributed by atoms with Crippen molar-refractivity contribution in [2.24, 2.45) is 5.90 Å². The molecule has 0 aliphatic rings. The summed E-state index contributed by atoms with van der Waals surface area (Å²) in [6, 6.07) is 9.38. The normalized spacial score (nSPS) is 13.8. The molecule has 110 valence electrons. The third kappa shape index (κ3) is 4.15. The van der Waals surface area contributed by atoms with E-state index in [2.05, 4.69) is 39.9 Å². The van der Waals surface area contributed by atoms with Crippen LogP contribution in [-0.2, 0) is 9.26 Å². The van der Waals surface area contributed by atoms with Gasteiger partial charge in [0, 0.05) is 0 Å². The summed E-state index contributed by atoms with van der Waals surface area (Å²) < 4.78 is 6.13. The number of hydrogen-bond donors (Lipinski definition) is 1. The van der Waals surface area contributed by atoms with E-state index in [-0.39, 0.29) is 11.1 Å². The molecule has 0 aliphatic carbocycles. The second-order valence-corrected chi connectivity index (χ2v) is 11.2. The molecule has 0 spiro atoms. The average molecular weight is 292 g/mol. The molecular weight excluding hydrogens is 268 g/mol. The molecule has 20 heavy (non-hydrogen) atoms. The largest absolute Gasteiger partial charge is 0.414 e. The first kappa shape index (κ1) is 16.9. The lowest BCUT2D eigenvalue weighted by Gasteiger charge is -2.37. The van der Waals surface area contributed by atoms with Crippen molar-refractivity contribution < 1.29 is 9.26 Å². The number of benzene rings is 1. The van der Waals surface area contributed by atoms with E-state index < -0.39 is 8.32 Å². The second-order valence-electron chi connectivity index (χ2n) is 6.43. The molecule has 5 heteroatoms. The highest BCUT2D eigenvalue weighted by atomic mass is 28.4. The molecule has 4 nitrogen and oxygen atoms in total. The summed E-state index contributed by atoms with van der Waals surface area (Å²) in [4.78, 5) is 5.03. The van der Waals surface area contributed by atoms with Crippen LogP contribution >= 0.6 is 0 Å². The Balaban J connectivity index is 2.81. The van der Waals surface area contributed by atoms with Crippen molar-refractivity contribution in [2.75, 3.05) is 6.61 Å². The van der Waals surface area contributed by atoms with Crippen LogP contribution in [0.5, 0.6) is 0 Å². The van der Waals surface area contributed by atoms with Crippen molar-refractivity contribution in [1.82, 2.24) is 0 Å². The van der Waals surface area contributed by atoms with Gasteiger partial charge in [0.2, 0.25) is 0 Å². The van der Waals surface area contributed by atoms with Gasteiger partial charge in [0.25, 0.3) is 0 Å². The minimum atomic E-state index is -1.84. The first-order valence-electron chi connectivity index (χ1n) is 6.71. The zero-order valence-electron chi connectivity index (χ0n) is 12.9. The van der Waals surface area contributed by atoms with Crippen LogP contribution in [0.1, 0.15) is 38.0 Å². The number of nitriles is 1. The number of rotatable bonds is 5. The summed E-state index contributed by atoms with van der Waals surface area (Å²) in [6.45, 7) is 11.3. The molecule has 1 aromatic rings. The monoisotopic (exact) mass is 292 g/mol. The van der Waals surface area contributed by atoms with Gasteiger partial charge in [-0.2, -0.15) is 5.26 Å². The van der Waals surface area contributed by atoms with E-state index >= 15 is 0 Å². The van der Waals surface area contributed by atoms with Gasteiger partial charge in [-0.25, -0.2) is 5.90 Å².